The fraction of sp³-hybridized carbons (Fsp3) is 0.421. The molecule has 0 spiro atoms. The molecule has 1 saturated heterocycles. The van der Waals surface area contributed by atoms with E-state index in [1.54, 1.807) is 34.9 Å². The lowest BCUT2D eigenvalue weighted by Gasteiger charge is -2.35. The van der Waals surface area contributed by atoms with Gasteiger partial charge in [-0.3, -0.25) is 9.59 Å². The van der Waals surface area contributed by atoms with Gasteiger partial charge in [0.25, 0.3) is 0 Å². The van der Waals surface area contributed by atoms with Crippen LogP contribution in [0.3, 0.4) is 0 Å². The fourth-order valence-corrected chi connectivity index (χ4v) is 3.72. The lowest BCUT2D eigenvalue weighted by molar-refractivity contribution is -0.138. The Hall–Kier alpha value is -2.05. The Kier molecular flexibility index (Phi) is 6.07. The van der Waals surface area contributed by atoms with E-state index in [1.807, 2.05) is 6.92 Å². The van der Waals surface area contributed by atoms with Gasteiger partial charge in [-0.15, -0.1) is 0 Å². The quantitative estimate of drug-likeness (QED) is 0.777. The topological polar surface area (TPSA) is 66.7 Å². The van der Waals surface area contributed by atoms with Crippen molar-refractivity contribution in [2.75, 3.05) is 26.2 Å². The number of carbonyl (C=O) groups excluding carboxylic acids is 2. The van der Waals surface area contributed by atoms with E-state index in [0.717, 1.165) is 11.3 Å². The van der Waals surface area contributed by atoms with Crippen molar-refractivity contribution in [2.45, 2.75) is 26.7 Å². The van der Waals surface area contributed by atoms with Crippen molar-refractivity contribution in [1.29, 1.82) is 0 Å². The summed E-state index contributed by atoms with van der Waals surface area (Å²) in [5, 5.41) is 4.86. The SMILES string of the molecule is Cc1noc(C)c1CC(=O)N1CCN(C(=O)Cc2c(Cl)cccc2Cl)CC1. The third kappa shape index (κ3) is 4.45. The van der Waals surface area contributed by atoms with Gasteiger partial charge in [-0.25, -0.2) is 0 Å². The van der Waals surface area contributed by atoms with Gasteiger partial charge in [0.05, 0.1) is 18.5 Å². The van der Waals surface area contributed by atoms with E-state index in [4.69, 9.17) is 27.7 Å². The van der Waals surface area contributed by atoms with Crippen LogP contribution in [-0.4, -0.2) is 52.9 Å². The van der Waals surface area contributed by atoms with Crippen LogP contribution in [0.15, 0.2) is 22.7 Å². The van der Waals surface area contributed by atoms with Crippen molar-refractivity contribution in [1.82, 2.24) is 15.0 Å². The molecule has 6 nitrogen and oxygen atoms in total. The molecule has 3 rings (SSSR count). The van der Waals surface area contributed by atoms with E-state index in [0.29, 0.717) is 47.5 Å². The van der Waals surface area contributed by atoms with Gasteiger partial charge in [0.2, 0.25) is 11.8 Å². The summed E-state index contributed by atoms with van der Waals surface area (Å²) < 4.78 is 5.11. The zero-order valence-corrected chi connectivity index (χ0v) is 16.8. The number of carbonyl (C=O) groups is 2. The van der Waals surface area contributed by atoms with Crippen LogP contribution >= 0.6 is 23.2 Å². The minimum absolute atomic E-state index is 0.0191. The van der Waals surface area contributed by atoms with E-state index in [1.165, 1.54) is 0 Å². The molecule has 1 aromatic heterocycles. The van der Waals surface area contributed by atoms with Crippen molar-refractivity contribution in [3.05, 3.63) is 50.8 Å². The van der Waals surface area contributed by atoms with Gasteiger partial charge in [-0.2, -0.15) is 0 Å². The normalized spacial score (nSPS) is 14.5. The summed E-state index contributed by atoms with van der Waals surface area (Å²) in [5.74, 6) is 0.653. The number of amides is 2. The molecule has 2 amide bonds. The highest BCUT2D eigenvalue weighted by molar-refractivity contribution is 6.36. The lowest BCUT2D eigenvalue weighted by atomic mass is 10.1. The molecule has 2 heterocycles. The highest BCUT2D eigenvalue weighted by atomic mass is 35.5. The molecule has 1 aromatic carbocycles. The molecule has 2 aromatic rings. The van der Waals surface area contributed by atoms with Gasteiger partial charge in [-0.1, -0.05) is 34.4 Å². The number of hydrogen-bond donors (Lipinski definition) is 0. The Morgan fingerprint density at radius 1 is 0.963 bits per heavy atom. The molecule has 8 heteroatoms. The molecule has 1 aliphatic rings. The summed E-state index contributed by atoms with van der Waals surface area (Å²) in [5.41, 5.74) is 2.22. The Morgan fingerprint density at radius 2 is 1.44 bits per heavy atom. The average molecular weight is 410 g/mol. The molecule has 0 atom stereocenters. The first-order valence-corrected chi connectivity index (χ1v) is 9.52. The number of piperazine rings is 1. The standard InChI is InChI=1S/C19H21Cl2N3O3/c1-12-14(13(2)27-22-12)10-18(25)23-6-8-24(9-7-23)19(26)11-15-16(20)4-3-5-17(15)21/h3-5H,6-11H2,1-2H3. The maximum atomic E-state index is 12.6. The maximum absolute atomic E-state index is 12.6. The molecule has 27 heavy (non-hydrogen) atoms. The highest BCUT2D eigenvalue weighted by Crippen LogP contribution is 2.25. The number of rotatable bonds is 4. The van der Waals surface area contributed by atoms with Crippen LogP contribution in [-0.2, 0) is 22.4 Å². The Balaban J connectivity index is 1.55. The van der Waals surface area contributed by atoms with Crippen molar-refractivity contribution >= 4 is 35.0 Å². The van der Waals surface area contributed by atoms with Gasteiger partial charge >= 0.3 is 0 Å². The van der Waals surface area contributed by atoms with E-state index in [9.17, 15) is 9.59 Å². The summed E-state index contributed by atoms with van der Waals surface area (Å²) in [7, 11) is 0. The van der Waals surface area contributed by atoms with Crippen molar-refractivity contribution in [3.8, 4) is 0 Å². The second-order valence-corrected chi connectivity index (χ2v) is 7.43. The molecular formula is C19H21Cl2N3O3. The van der Waals surface area contributed by atoms with Crippen LogP contribution < -0.4 is 0 Å². The molecule has 0 unspecified atom stereocenters. The Bertz CT molecular complexity index is 818. The number of aromatic nitrogens is 1. The summed E-state index contributed by atoms with van der Waals surface area (Å²) in [6.45, 7) is 5.63. The zero-order valence-electron chi connectivity index (χ0n) is 15.3. The summed E-state index contributed by atoms with van der Waals surface area (Å²) >= 11 is 12.3. The predicted molar refractivity (Wildman–Crippen MR) is 103 cm³/mol. The van der Waals surface area contributed by atoms with Crippen LogP contribution in [0, 0.1) is 13.8 Å². The second-order valence-electron chi connectivity index (χ2n) is 6.62. The third-order valence-corrected chi connectivity index (χ3v) is 5.59. The van der Waals surface area contributed by atoms with Gasteiger partial charge in [-0.05, 0) is 31.5 Å². The van der Waals surface area contributed by atoms with Crippen molar-refractivity contribution in [3.63, 3.8) is 0 Å². The van der Waals surface area contributed by atoms with Crippen LogP contribution in [0.2, 0.25) is 10.0 Å². The first kappa shape index (κ1) is 19.7. The lowest BCUT2D eigenvalue weighted by Crippen LogP contribution is -2.51. The van der Waals surface area contributed by atoms with E-state index < -0.39 is 0 Å². The molecule has 0 radical (unpaired) electrons. The second kappa shape index (κ2) is 8.31. The maximum Gasteiger partial charge on any atom is 0.227 e. The Labute approximate surface area is 168 Å². The number of aryl methyl sites for hydroxylation is 2. The third-order valence-electron chi connectivity index (χ3n) is 4.88. The van der Waals surface area contributed by atoms with E-state index in [-0.39, 0.29) is 24.7 Å². The largest absolute Gasteiger partial charge is 0.361 e. The van der Waals surface area contributed by atoms with Gasteiger partial charge < -0.3 is 14.3 Å². The number of nitrogens with zero attached hydrogens (tertiary/aromatic N) is 3. The molecule has 1 fully saturated rings. The summed E-state index contributed by atoms with van der Waals surface area (Å²) in [4.78, 5) is 28.6. The zero-order chi connectivity index (χ0) is 19.6. The number of hydrogen-bond acceptors (Lipinski definition) is 4. The van der Waals surface area contributed by atoms with Crippen molar-refractivity contribution < 1.29 is 14.1 Å². The highest BCUT2D eigenvalue weighted by Gasteiger charge is 2.26. The van der Waals surface area contributed by atoms with Crippen LogP contribution in [0.1, 0.15) is 22.6 Å². The predicted octanol–water partition coefficient (Wildman–Crippen LogP) is 3.05. The summed E-state index contributed by atoms with van der Waals surface area (Å²) in [6.07, 6.45) is 0.426. The monoisotopic (exact) mass is 409 g/mol. The number of halogens is 2. The van der Waals surface area contributed by atoms with Crippen LogP contribution in [0.5, 0.6) is 0 Å². The van der Waals surface area contributed by atoms with Gasteiger partial charge in [0.1, 0.15) is 5.76 Å². The Morgan fingerprint density at radius 3 is 1.89 bits per heavy atom. The molecule has 0 aliphatic carbocycles. The fourth-order valence-electron chi connectivity index (χ4n) is 3.19. The van der Waals surface area contributed by atoms with Gasteiger partial charge in [0, 0.05) is 41.8 Å². The number of benzene rings is 1. The van der Waals surface area contributed by atoms with E-state index >= 15 is 0 Å². The smallest absolute Gasteiger partial charge is 0.227 e. The minimum atomic E-state index is -0.0391. The van der Waals surface area contributed by atoms with E-state index in [2.05, 4.69) is 5.16 Å². The first-order chi connectivity index (χ1) is 12.9. The summed E-state index contributed by atoms with van der Waals surface area (Å²) in [6, 6.07) is 5.20. The molecule has 0 N–H and O–H groups in total. The minimum Gasteiger partial charge on any atom is -0.361 e. The van der Waals surface area contributed by atoms with Crippen LogP contribution in [0.25, 0.3) is 0 Å². The van der Waals surface area contributed by atoms with Crippen LogP contribution in [0.4, 0.5) is 0 Å². The molecule has 144 valence electrons. The molecule has 1 aliphatic heterocycles. The molecule has 0 saturated carbocycles. The molecular weight excluding hydrogens is 389 g/mol. The van der Waals surface area contributed by atoms with Crippen molar-refractivity contribution in [2.24, 2.45) is 0 Å². The van der Waals surface area contributed by atoms with Gasteiger partial charge in [0.15, 0.2) is 0 Å². The first-order valence-electron chi connectivity index (χ1n) is 8.77. The average Bonchev–Trinajstić information content (AvgIpc) is 2.96. The molecule has 0 bridgehead atoms.